The Bertz CT molecular complexity index is 373. The summed E-state index contributed by atoms with van der Waals surface area (Å²) in [4.78, 5) is 24.5. The van der Waals surface area contributed by atoms with Gasteiger partial charge in [0.15, 0.2) is 0 Å². The lowest BCUT2D eigenvalue weighted by Gasteiger charge is -2.22. The molecule has 5 nitrogen and oxygen atoms in total. The van der Waals surface area contributed by atoms with Gasteiger partial charge in [-0.3, -0.25) is 4.79 Å². The Balaban J connectivity index is 2.60. The van der Waals surface area contributed by atoms with Crippen LogP contribution < -0.4 is 5.32 Å². The van der Waals surface area contributed by atoms with Crippen LogP contribution in [0.3, 0.4) is 0 Å². The number of hydrogen-bond acceptors (Lipinski definition) is 2. The van der Waals surface area contributed by atoms with Gasteiger partial charge in [-0.15, -0.1) is 6.42 Å². The van der Waals surface area contributed by atoms with E-state index in [9.17, 15) is 9.59 Å². The Hall–Kier alpha value is -1.70. The molecule has 1 fully saturated rings. The average molecular weight is 252 g/mol. The first-order chi connectivity index (χ1) is 8.36. The fourth-order valence-corrected chi connectivity index (χ4v) is 2.08. The maximum atomic E-state index is 12.0. The molecule has 1 saturated heterocycles. The second kappa shape index (κ2) is 5.76. The van der Waals surface area contributed by atoms with E-state index in [4.69, 9.17) is 11.5 Å². The van der Waals surface area contributed by atoms with Crippen LogP contribution in [0.5, 0.6) is 0 Å². The number of carboxylic acid groups (broad SMARTS) is 1. The minimum atomic E-state index is -0.852. The Morgan fingerprint density at radius 3 is 2.44 bits per heavy atom. The molecule has 1 aliphatic heterocycles. The van der Waals surface area contributed by atoms with Crippen LogP contribution in [0.25, 0.3) is 0 Å². The first-order valence-corrected chi connectivity index (χ1v) is 6.11. The van der Waals surface area contributed by atoms with E-state index in [1.165, 1.54) is 4.90 Å². The van der Waals surface area contributed by atoms with Crippen molar-refractivity contribution in [1.29, 1.82) is 0 Å². The fourth-order valence-electron chi connectivity index (χ4n) is 2.08. The number of carbonyl (C=O) groups excluding carboxylic acids is 1. The van der Waals surface area contributed by atoms with E-state index in [0.717, 1.165) is 0 Å². The van der Waals surface area contributed by atoms with E-state index in [-0.39, 0.29) is 30.5 Å². The second-order valence-corrected chi connectivity index (χ2v) is 5.16. The van der Waals surface area contributed by atoms with Crippen LogP contribution in [0.15, 0.2) is 0 Å². The Morgan fingerprint density at radius 2 is 2.06 bits per heavy atom. The summed E-state index contributed by atoms with van der Waals surface area (Å²) in [7, 11) is 0. The van der Waals surface area contributed by atoms with Crippen LogP contribution in [0, 0.1) is 30.1 Å². The van der Waals surface area contributed by atoms with Crippen LogP contribution in [-0.4, -0.2) is 41.1 Å². The first-order valence-electron chi connectivity index (χ1n) is 6.11. The summed E-state index contributed by atoms with van der Waals surface area (Å²) in [5, 5.41) is 11.8. The molecule has 3 atom stereocenters. The van der Waals surface area contributed by atoms with Crippen molar-refractivity contribution in [1.82, 2.24) is 10.2 Å². The molecule has 0 spiro atoms. The molecule has 0 saturated carbocycles. The van der Waals surface area contributed by atoms with Crippen molar-refractivity contribution >= 4 is 12.0 Å². The molecule has 18 heavy (non-hydrogen) atoms. The lowest BCUT2D eigenvalue weighted by atomic mass is 9.99. The number of hydrogen-bond donors (Lipinski definition) is 2. The van der Waals surface area contributed by atoms with E-state index in [2.05, 4.69) is 11.2 Å². The molecule has 0 radical (unpaired) electrons. The van der Waals surface area contributed by atoms with Crippen LogP contribution in [0.4, 0.5) is 4.79 Å². The third kappa shape index (κ3) is 3.16. The molecule has 0 aromatic carbocycles. The number of urea groups is 1. The first kappa shape index (κ1) is 14.4. The highest BCUT2D eigenvalue weighted by Crippen LogP contribution is 2.23. The van der Waals surface area contributed by atoms with Gasteiger partial charge in [0.25, 0.3) is 0 Å². The molecule has 0 aliphatic carbocycles. The summed E-state index contributed by atoms with van der Waals surface area (Å²) >= 11 is 0. The normalized spacial score (nSPS) is 24.7. The van der Waals surface area contributed by atoms with E-state index < -0.39 is 11.9 Å². The van der Waals surface area contributed by atoms with Crippen LogP contribution in [0.2, 0.25) is 0 Å². The van der Waals surface area contributed by atoms with Gasteiger partial charge in [0.2, 0.25) is 0 Å². The zero-order valence-corrected chi connectivity index (χ0v) is 11.0. The summed E-state index contributed by atoms with van der Waals surface area (Å²) < 4.78 is 0. The van der Waals surface area contributed by atoms with E-state index in [1.807, 2.05) is 20.8 Å². The zero-order chi connectivity index (χ0) is 13.9. The van der Waals surface area contributed by atoms with E-state index >= 15 is 0 Å². The molecule has 0 bridgehead atoms. The summed E-state index contributed by atoms with van der Waals surface area (Å²) in [5.74, 6) is 1.30. The van der Waals surface area contributed by atoms with Crippen LogP contribution in [-0.2, 0) is 4.79 Å². The quantitative estimate of drug-likeness (QED) is 0.736. The Labute approximate surface area is 108 Å². The van der Waals surface area contributed by atoms with Crippen molar-refractivity contribution < 1.29 is 14.7 Å². The standard InChI is InChI=1S/C13H20N2O3/c1-5-11(8(2)3)14-13(18)15-6-9(4)10(7-15)12(16)17/h1,8-11H,6-7H2,2-4H3,(H,14,18)(H,16,17)/t9-,10-,11?/m1/s1. The number of rotatable bonds is 3. The van der Waals surface area contributed by atoms with Crippen molar-refractivity contribution in [2.75, 3.05) is 13.1 Å². The average Bonchev–Trinajstić information content (AvgIpc) is 2.67. The maximum Gasteiger partial charge on any atom is 0.318 e. The monoisotopic (exact) mass is 252 g/mol. The number of nitrogens with zero attached hydrogens (tertiary/aromatic N) is 1. The molecule has 1 aliphatic rings. The number of likely N-dealkylation sites (tertiary alicyclic amines) is 1. The summed E-state index contributed by atoms with van der Waals surface area (Å²) in [6, 6.07) is -0.598. The summed E-state index contributed by atoms with van der Waals surface area (Å²) in [5.41, 5.74) is 0. The smallest absolute Gasteiger partial charge is 0.318 e. The van der Waals surface area contributed by atoms with Crippen LogP contribution >= 0.6 is 0 Å². The lowest BCUT2D eigenvalue weighted by Crippen LogP contribution is -2.45. The molecule has 2 N–H and O–H groups in total. The molecule has 0 aromatic rings. The van der Waals surface area contributed by atoms with Crippen molar-refractivity contribution in [3.05, 3.63) is 0 Å². The third-order valence-corrected chi connectivity index (χ3v) is 3.34. The predicted molar refractivity (Wildman–Crippen MR) is 67.9 cm³/mol. The molecular formula is C13H20N2O3. The van der Waals surface area contributed by atoms with Crippen molar-refractivity contribution in [2.45, 2.75) is 26.8 Å². The highest BCUT2D eigenvalue weighted by atomic mass is 16.4. The molecule has 1 rings (SSSR count). The number of aliphatic carboxylic acids is 1. The molecular weight excluding hydrogens is 232 g/mol. The highest BCUT2D eigenvalue weighted by Gasteiger charge is 2.37. The zero-order valence-electron chi connectivity index (χ0n) is 11.0. The largest absolute Gasteiger partial charge is 0.481 e. The molecule has 1 heterocycles. The van der Waals surface area contributed by atoms with Gasteiger partial charge in [-0.1, -0.05) is 26.7 Å². The van der Waals surface area contributed by atoms with Gasteiger partial charge >= 0.3 is 12.0 Å². The predicted octanol–water partition coefficient (Wildman–Crippen LogP) is 1.01. The van der Waals surface area contributed by atoms with Gasteiger partial charge in [0.05, 0.1) is 12.0 Å². The number of amides is 2. The minimum absolute atomic E-state index is 0.0309. The van der Waals surface area contributed by atoms with E-state index in [1.54, 1.807) is 0 Å². The fraction of sp³-hybridized carbons (Fsp3) is 0.692. The molecule has 5 heteroatoms. The van der Waals surface area contributed by atoms with Crippen molar-refractivity contribution in [3.63, 3.8) is 0 Å². The third-order valence-electron chi connectivity index (χ3n) is 3.34. The van der Waals surface area contributed by atoms with Crippen molar-refractivity contribution in [2.24, 2.45) is 17.8 Å². The van der Waals surface area contributed by atoms with Gasteiger partial charge in [-0.25, -0.2) is 4.79 Å². The second-order valence-electron chi connectivity index (χ2n) is 5.16. The van der Waals surface area contributed by atoms with E-state index in [0.29, 0.717) is 6.54 Å². The highest BCUT2D eigenvalue weighted by molar-refractivity contribution is 5.78. The van der Waals surface area contributed by atoms with Gasteiger partial charge < -0.3 is 15.3 Å². The van der Waals surface area contributed by atoms with Gasteiger partial charge in [-0.2, -0.15) is 0 Å². The summed E-state index contributed by atoms with van der Waals surface area (Å²) in [6.45, 7) is 6.40. The van der Waals surface area contributed by atoms with Gasteiger partial charge in [0.1, 0.15) is 0 Å². The number of carboxylic acids is 1. The number of nitrogens with one attached hydrogen (secondary N) is 1. The number of terminal acetylenes is 1. The topological polar surface area (TPSA) is 69.6 Å². The number of carbonyl (C=O) groups is 2. The van der Waals surface area contributed by atoms with Gasteiger partial charge in [0, 0.05) is 13.1 Å². The van der Waals surface area contributed by atoms with Crippen LogP contribution in [0.1, 0.15) is 20.8 Å². The molecule has 2 amide bonds. The lowest BCUT2D eigenvalue weighted by molar-refractivity contribution is -0.142. The molecule has 0 aromatic heterocycles. The van der Waals surface area contributed by atoms with Gasteiger partial charge in [-0.05, 0) is 11.8 Å². The Morgan fingerprint density at radius 1 is 1.44 bits per heavy atom. The Kier molecular flexibility index (Phi) is 4.60. The summed E-state index contributed by atoms with van der Waals surface area (Å²) in [6.07, 6.45) is 5.35. The molecule has 100 valence electrons. The SMILES string of the molecule is C#CC(NC(=O)N1C[C@@H](C)[C@H](C(=O)O)C1)C(C)C. The minimum Gasteiger partial charge on any atom is -0.481 e. The maximum absolute atomic E-state index is 12.0. The van der Waals surface area contributed by atoms with Crippen molar-refractivity contribution in [3.8, 4) is 12.3 Å². The molecule has 1 unspecified atom stereocenters.